The van der Waals surface area contributed by atoms with E-state index in [0.717, 1.165) is 12.8 Å². The van der Waals surface area contributed by atoms with Crippen molar-refractivity contribution in [3.8, 4) is 0 Å². The Hall–Kier alpha value is -7.80. The predicted molar refractivity (Wildman–Crippen MR) is 662 cm³/mol. The Balaban J connectivity index is 0.000000811. The molecule has 0 saturated carbocycles. The molecule has 10 aromatic carbocycles. The maximum absolute atomic E-state index is 2.45. The summed E-state index contributed by atoms with van der Waals surface area (Å²) >= 11 is 0. The molecule has 0 spiro atoms. The molecule has 0 nitrogen and oxygen atoms in total. The summed E-state index contributed by atoms with van der Waals surface area (Å²) in [5.41, 5.74) is 58.1. The minimum atomic E-state index is 0.241. The molecular formula is C145H230. The molecule has 0 aliphatic carbocycles. The van der Waals surface area contributed by atoms with E-state index in [9.17, 15) is 0 Å². The van der Waals surface area contributed by atoms with E-state index in [1.54, 1.807) is 33.4 Å². The highest BCUT2D eigenvalue weighted by Gasteiger charge is 2.23. The van der Waals surface area contributed by atoms with E-state index in [0.29, 0.717) is 23.7 Å². The van der Waals surface area contributed by atoms with Crippen LogP contribution in [0.4, 0.5) is 0 Å². The van der Waals surface area contributed by atoms with Crippen LogP contribution in [0.5, 0.6) is 0 Å². The maximum atomic E-state index is 2.45. The molecule has 2 atom stereocenters. The van der Waals surface area contributed by atoms with Crippen molar-refractivity contribution in [1.82, 2.24) is 0 Å². The van der Waals surface area contributed by atoms with Crippen molar-refractivity contribution in [3.63, 3.8) is 0 Å². The van der Waals surface area contributed by atoms with Gasteiger partial charge in [0.25, 0.3) is 0 Å². The molecule has 0 aromatic heterocycles. The van der Waals surface area contributed by atoms with Gasteiger partial charge in [-0.15, -0.1) is 0 Å². The van der Waals surface area contributed by atoms with Crippen LogP contribution >= 0.6 is 0 Å². The summed E-state index contributed by atoms with van der Waals surface area (Å²) in [4.78, 5) is 0. The average Bonchev–Trinajstić information content (AvgIpc) is 0.787. The first kappa shape index (κ1) is 135. The van der Waals surface area contributed by atoms with Gasteiger partial charge in [0.05, 0.1) is 0 Å². The molecule has 0 N–H and O–H groups in total. The topological polar surface area (TPSA) is 0 Å². The molecule has 0 heterocycles. The van der Waals surface area contributed by atoms with Crippen molar-refractivity contribution >= 4 is 0 Å². The van der Waals surface area contributed by atoms with Crippen molar-refractivity contribution in [2.24, 2.45) is 0 Å². The van der Waals surface area contributed by atoms with Crippen molar-refractivity contribution < 1.29 is 0 Å². The van der Waals surface area contributed by atoms with Gasteiger partial charge in [-0.2, -0.15) is 0 Å². The molecule has 0 bridgehead atoms. The summed E-state index contributed by atoms with van der Waals surface area (Å²) in [6, 6.07) is 49.3. The Morgan fingerprint density at radius 2 is 0.386 bits per heavy atom. The lowest BCUT2D eigenvalue weighted by Crippen LogP contribution is -2.18. The second-order valence-electron chi connectivity index (χ2n) is 47.1. The summed E-state index contributed by atoms with van der Waals surface area (Å²) in [6.07, 6.45) is 41.3. The minimum absolute atomic E-state index is 0.241. The summed E-state index contributed by atoms with van der Waals surface area (Å²) in [5.74, 6) is 2.64. The second kappa shape index (κ2) is 71.8. The van der Waals surface area contributed by atoms with E-state index in [1.807, 2.05) is 0 Å². The van der Waals surface area contributed by atoms with E-state index in [2.05, 4.69) is 453 Å². The van der Waals surface area contributed by atoms with Crippen LogP contribution in [-0.2, 0) is 75.0 Å². The normalized spacial score (nSPS) is 11.4. The molecule has 0 radical (unpaired) electrons. The van der Waals surface area contributed by atoms with Gasteiger partial charge in [0.15, 0.2) is 0 Å². The van der Waals surface area contributed by atoms with Crippen LogP contribution in [0, 0.1) is 159 Å². The standard InChI is InChI=1S/C20H34.C18H30.3C16H26.2C14H22.C12H18.C10H14.C9H12/c1-5-7-9-11-13-19-15-18(4)20(16-17(19)3)14-12-10-8-6-2;1-5-7-9-11-17-13-16(4)18(14-15(17)3)12-10-8-6-2;1-11-9-14(16(6,7)8)12(2)10-13(11)15(3,4)5;1-7-11(3)15-9-14(6)16(10-13(15)5)12(4)8-2;1-5-7-9-15-11-14(4)16(10-8-6-2)12-13(15)3;1-9(2)13-7-12(6)14(10(3)4)8-11(13)5;1-5-7-13-9-12(4)14(8-6-2)10-11(13)3;1-5-11-7-10(4)12(6-2)8-9(11)3;1-7-5-9(3)10(4)6-8(7)2;1-7-4-5-8(2)9(3)6-7/h15-16H,5-14H2,1-4H3;13-14H,5-12H2,1-4H3;9-10H,1-8H3;9-12H,7-8H2,1-6H3;11-12H,5-10H2,1-4H3;7-10H,1-6H3;9-10H,5-8H2,1-4H3;7-8H,5-6H2,1-4H3;5-6H,1-4H3;4-6H,1-3H3. The van der Waals surface area contributed by atoms with Crippen molar-refractivity contribution in [2.75, 3.05) is 0 Å². The van der Waals surface area contributed by atoms with Gasteiger partial charge < -0.3 is 0 Å². The van der Waals surface area contributed by atoms with Crippen LogP contribution in [0.3, 0.4) is 0 Å². The molecule has 0 aliphatic heterocycles. The quantitative estimate of drug-likeness (QED) is 0.0343. The van der Waals surface area contributed by atoms with Gasteiger partial charge in [0, 0.05) is 0 Å². The highest BCUT2D eigenvalue weighted by atomic mass is 14.3. The van der Waals surface area contributed by atoms with Gasteiger partial charge in [-0.25, -0.2) is 0 Å². The van der Waals surface area contributed by atoms with E-state index >= 15 is 0 Å². The van der Waals surface area contributed by atoms with E-state index in [-0.39, 0.29) is 10.8 Å². The highest BCUT2D eigenvalue weighted by Crippen LogP contribution is 2.36. The molecule has 0 saturated heterocycles. The van der Waals surface area contributed by atoms with Crippen LogP contribution in [0.1, 0.15) is 548 Å². The van der Waals surface area contributed by atoms with Gasteiger partial charge in [0.1, 0.15) is 0 Å². The van der Waals surface area contributed by atoms with Gasteiger partial charge in [-0.3, -0.25) is 0 Å². The van der Waals surface area contributed by atoms with Gasteiger partial charge in [-0.05, 0) is 521 Å². The fourth-order valence-corrected chi connectivity index (χ4v) is 20.4. The van der Waals surface area contributed by atoms with Gasteiger partial charge in [0.2, 0.25) is 0 Å². The van der Waals surface area contributed by atoms with E-state index in [1.165, 1.54) is 376 Å². The van der Waals surface area contributed by atoms with Crippen LogP contribution < -0.4 is 0 Å². The largest absolute Gasteiger partial charge is 0.0654 e. The molecule has 0 heteroatoms. The first-order valence-corrected chi connectivity index (χ1v) is 59.1. The zero-order valence-electron chi connectivity index (χ0n) is 105. The smallest absolute Gasteiger partial charge is 0.0129 e. The molecular weight excluding hydrogens is 1740 g/mol. The zero-order chi connectivity index (χ0) is 110. The van der Waals surface area contributed by atoms with Crippen molar-refractivity contribution in [3.05, 3.63) is 344 Å². The van der Waals surface area contributed by atoms with Gasteiger partial charge in [-0.1, -0.05) is 389 Å². The Kier molecular flexibility index (Phi) is 67.0. The number of hydrogen-bond donors (Lipinski definition) is 0. The fourth-order valence-electron chi connectivity index (χ4n) is 20.4. The fraction of sp³-hybridized carbons (Fsp3) is 0.586. The third-order valence-corrected chi connectivity index (χ3v) is 30.9. The number of unbranched alkanes of at least 4 members (excludes halogenated alkanes) is 12. The number of hydrogen-bond acceptors (Lipinski definition) is 0. The van der Waals surface area contributed by atoms with Crippen molar-refractivity contribution in [2.45, 2.75) is 565 Å². The van der Waals surface area contributed by atoms with Crippen LogP contribution in [-0.4, -0.2) is 0 Å². The van der Waals surface area contributed by atoms with Crippen molar-refractivity contribution in [1.29, 1.82) is 0 Å². The lowest BCUT2D eigenvalue weighted by atomic mass is 9.77. The Labute approximate surface area is 903 Å². The van der Waals surface area contributed by atoms with E-state index in [4.69, 9.17) is 0 Å². The summed E-state index contributed by atoms with van der Waals surface area (Å²) in [7, 11) is 0. The van der Waals surface area contributed by atoms with Gasteiger partial charge >= 0.3 is 0 Å². The molecule has 10 aromatic rings. The average molecular weight is 1970 g/mol. The Bertz CT molecular complexity index is 4990. The summed E-state index contributed by atoms with van der Waals surface area (Å²) in [6.45, 7) is 105. The van der Waals surface area contributed by atoms with Crippen LogP contribution in [0.2, 0.25) is 0 Å². The second-order valence-corrected chi connectivity index (χ2v) is 47.1. The molecule has 0 fully saturated rings. The number of aryl methyl sites for hydroxylation is 33. The minimum Gasteiger partial charge on any atom is -0.0654 e. The maximum Gasteiger partial charge on any atom is -0.0129 e. The Morgan fingerprint density at radius 1 is 0.172 bits per heavy atom. The molecule has 0 aliphatic rings. The number of rotatable bonds is 36. The van der Waals surface area contributed by atoms with Crippen LogP contribution in [0.25, 0.3) is 0 Å². The lowest BCUT2D eigenvalue weighted by Gasteiger charge is -2.28. The molecule has 145 heavy (non-hydrogen) atoms. The lowest BCUT2D eigenvalue weighted by molar-refractivity contribution is 0.569. The highest BCUT2D eigenvalue weighted by molar-refractivity contribution is 5.47. The molecule has 0 amide bonds. The predicted octanol–water partition coefficient (Wildman–Crippen LogP) is 45.3. The monoisotopic (exact) mass is 1970 g/mol. The summed E-state index contributed by atoms with van der Waals surface area (Å²) in [5, 5.41) is 0. The first-order valence-electron chi connectivity index (χ1n) is 59.1. The third kappa shape index (κ3) is 50.1. The molecule has 2 unspecified atom stereocenters. The zero-order valence-corrected chi connectivity index (χ0v) is 105. The third-order valence-electron chi connectivity index (χ3n) is 30.9. The molecule has 810 valence electrons. The first-order chi connectivity index (χ1) is 68.2. The van der Waals surface area contributed by atoms with Crippen LogP contribution in [0.15, 0.2) is 127 Å². The Morgan fingerprint density at radius 3 is 0.607 bits per heavy atom. The molecule has 10 rings (SSSR count). The number of benzene rings is 10. The SMILES string of the molecule is CCC(C)c1cc(C)c(C(C)CC)cc1C.CCCCCCc1cc(C)c(CCCCCC)cc1C.CCCCCc1cc(C)c(CCCCC)cc1C.CCCCc1cc(C)c(CCCC)cc1C.CCCc1cc(C)c(CCC)cc1C.CCc1cc(C)c(CC)cc1C.Cc1cc(C(C)(C)C)c(C)cc1C(C)(C)C.Cc1cc(C(C)C)c(C)cc1C(C)C.Cc1cc(C)c(C)cc1C.Cc1ccc(C)c(C)c1. The van der Waals surface area contributed by atoms with E-state index < -0.39 is 0 Å². The summed E-state index contributed by atoms with van der Waals surface area (Å²) < 4.78 is 0.